The topological polar surface area (TPSA) is 54.2 Å². The first-order valence-corrected chi connectivity index (χ1v) is 9.11. The molecule has 2 aromatic heterocycles. The first-order valence-electron chi connectivity index (χ1n) is 8.23. The average molecular weight is 374 g/mol. The molecule has 3 rings (SSSR count). The van der Waals surface area contributed by atoms with Crippen molar-refractivity contribution in [3.8, 4) is 0 Å². The van der Waals surface area contributed by atoms with E-state index in [1.54, 1.807) is 0 Å². The Bertz CT molecular complexity index is 685. The summed E-state index contributed by atoms with van der Waals surface area (Å²) in [6.45, 7) is 7.05. The fourth-order valence-corrected chi connectivity index (χ4v) is 3.59. The van der Waals surface area contributed by atoms with Crippen LogP contribution in [0, 0.1) is 19.8 Å². The van der Waals surface area contributed by atoms with E-state index in [0.717, 1.165) is 60.0 Å². The van der Waals surface area contributed by atoms with Gasteiger partial charge >= 0.3 is 6.18 Å². The molecule has 1 aliphatic rings. The number of likely N-dealkylation sites (tertiary alicyclic amines) is 1. The molecule has 0 spiro atoms. The second kappa shape index (κ2) is 7.33. The number of thiazole rings is 1. The van der Waals surface area contributed by atoms with E-state index in [1.807, 2.05) is 13.8 Å². The van der Waals surface area contributed by atoms with E-state index in [4.69, 9.17) is 4.42 Å². The van der Waals surface area contributed by atoms with Crippen LogP contribution in [0.25, 0.3) is 0 Å². The van der Waals surface area contributed by atoms with Gasteiger partial charge in [-0.25, -0.2) is 9.97 Å². The van der Waals surface area contributed by atoms with Gasteiger partial charge in [0.15, 0.2) is 10.8 Å². The Kier molecular flexibility index (Phi) is 5.33. The van der Waals surface area contributed by atoms with Crippen molar-refractivity contribution in [3.63, 3.8) is 0 Å². The molecular weight excluding hydrogens is 353 g/mol. The van der Waals surface area contributed by atoms with Gasteiger partial charge in [-0.2, -0.15) is 13.2 Å². The zero-order valence-corrected chi connectivity index (χ0v) is 15.0. The largest absolute Gasteiger partial charge is 0.444 e. The zero-order chi connectivity index (χ0) is 18.0. The maximum atomic E-state index is 12.5. The highest BCUT2D eigenvalue weighted by Gasteiger charge is 2.33. The molecule has 5 nitrogen and oxygen atoms in total. The van der Waals surface area contributed by atoms with Gasteiger partial charge in [-0.1, -0.05) is 0 Å². The Hall–Kier alpha value is -1.61. The number of halogens is 3. The molecule has 0 aromatic carbocycles. The average Bonchev–Trinajstić information content (AvgIpc) is 3.14. The van der Waals surface area contributed by atoms with Crippen molar-refractivity contribution in [1.29, 1.82) is 0 Å². The summed E-state index contributed by atoms with van der Waals surface area (Å²) in [5, 5.41) is 4.42. The van der Waals surface area contributed by atoms with Crippen LogP contribution >= 0.6 is 11.3 Å². The fourth-order valence-electron chi connectivity index (χ4n) is 2.86. The van der Waals surface area contributed by atoms with Crippen LogP contribution < -0.4 is 5.32 Å². The predicted molar refractivity (Wildman–Crippen MR) is 89.6 cm³/mol. The van der Waals surface area contributed by atoms with Crippen molar-refractivity contribution < 1.29 is 17.6 Å². The quantitative estimate of drug-likeness (QED) is 0.854. The van der Waals surface area contributed by atoms with Crippen molar-refractivity contribution in [2.75, 3.05) is 25.0 Å². The Morgan fingerprint density at radius 1 is 1.28 bits per heavy atom. The number of anilines is 1. The number of nitrogens with zero attached hydrogens (tertiary/aromatic N) is 3. The third-order valence-electron chi connectivity index (χ3n) is 4.48. The second-order valence-corrected chi connectivity index (χ2v) is 7.24. The normalized spacial score (nSPS) is 17.2. The van der Waals surface area contributed by atoms with Crippen LogP contribution in [0.2, 0.25) is 0 Å². The van der Waals surface area contributed by atoms with Crippen LogP contribution in [0.15, 0.2) is 9.80 Å². The van der Waals surface area contributed by atoms with E-state index in [0.29, 0.717) is 24.1 Å². The lowest BCUT2D eigenvalue weighted by Crippen LogP contribution is -2.35. The van der Waals surface area contributed by atoms with Gasteiger partial charge in [0.2, 0.25) is 5.89 Å². The van der Waals surface area contributed by atoms with Gasteiger partial charge in [0.1, 0.15) is 5.76 Å². The number of alkyl halides is 3. The van der Waals surface area contributed by atoms with Crippen LogP contribution in [-0.4, -0.2) is 34.5 Å². The molecule has 0 bridgehead atoms. The number of hydrogen-bond donors (Lipinski definition) is 1. The lowest BCUT2D eigenvalue weighted by atomic mass is 9.97. The first kappa shape index (κ1) is 18.2. The molecule has 1 N–H and O–H groups in total. The van der Waals surface area contributed by atoms with Crippen molar-refractivity contribution in [1.82, 2.24) is 14.9 Å². The molecule has 1 fully saturated rings. The van der Waals surface area contributed by atoms with Crippen LogP contribution in [0.1, 0.15) is 35.9 Å². The number of piperidine rings is 1. The fraction of sp³-hybridized carbons (Fsp3) is 0.625. The van der Waals surface area contributed by atoms with E-state index < -0.39 is 11.9 Å². The maximum absolute atomic E-state index is 12.5. The van der Waals surface area contributed by atoms with E-state index in [9.17, 15) is 13.2 Å². The van der Waals surface area contributed by atoms with E-state index in [2.05, 4.69) is 20.2 Å². The molecule has 0 atom stereocenters. The van der Waals surface area contributed by atoms with Gasteiger partial charge in [0, 0.05) is 11.9 Å². The Morgan fingerprint density at radius 2 is 2.00 bits per heavy atom. The number of oxazole rings is 1. The highest BCUT2D eigenvalue weighted by molar-refractivity contribution is 7.13. The Balaban J connectivity index is 1.42. The summed E-state index contributed by atoms with van der Waals surface area (Å²) < 4.78 is 43.2. The lowest BCUT2D eigenvalue weighted by Gasteiger charge is -2.31. The summed E-state index contributed by atoms with van der Waals surface area (Å²) in [4.78, 5) is 10.3. The minimum atomic E-state index is -4.38. The SMILES string of the molecule is Cc1nc(CN2CCC(CNc3nc(C(F)(F)F)cs3)CC2)oc1C. The van der Waals surface area contributed by atoms with Crippen LogP contribution in [0.3, 0.4) is 0 Å². The number of rotatable bonds is 5. The van der Waals surface area contributed by atoms with Crippen LogP contribution in [0.4, 0.5) is 18.3 Å². The molecule has 9 heteroatoms. The van der Waals surface area contributed by atoms with Gasteiger partial charge in [-0.15, -0.1) is 11.3 Å². The van der Waals surface area contributed by atoms with E-state index in [1.165, 1.54) is 0 Å². The summed E-state index contributed by atoms with van der Waals surface area (Å²) in [6.07, 6.45) is -2.40. The second-order valence-electron chi connectivity index (χ2n) is 6.39. The molecule has 2 aromatic rings. The van der Waals surface area contributed by atoms with Crippen molar-refractivity contribution >= 4 is 16.5 Å². The molecule has 25 heavy (non-hydrogen) atoms. The summed E-state index contributed by atoms with van der Waals surface area (Å²) in [5.74, 6) is 2.03. The minimum absolute atomic E-state index is 0.334. The van der Waals surface area contributed by atoms with E-state index >= 15 is 0 Å². The predicted octanol–water partition coefficient (Wildman–Crippen LogP) is 4.09. The lowest BCUT2D eigenvalue weighted by molar-refractivity contribution is -0.140. The van der Waals surface area contributed by atoms with Gasteiger partial charge in [-0.3, -0.25) is 4.90 Å². The molecule has 0 saturated carbocycles. The monoisotopic (exact) mass is 374 g/mol. The molecule has 138 valence electrons. The van der Waals surface area contributed by atoms with E-state index in [-0.39, 0.29) is 0 Å². The Morgan fingerprint density at radius 3 is 2.56 bits per heavy atom. The van der Waals surface area contributed by atoms with Gasteiger partial charge in [0.25, 0.3) is 0 Å². The highest BCUT2D eigenvalue weighted by atomic mass is 32.1. The number of hydrogen-bond acceptors (Lipinski definition) is 6. The van der Waals surface area contributed by atoms with Gasteiger partial charge < -0.3 is 9.73 Å². The molecule has 3 heterocycles. The molecule has 1 saturated heterocycles. The van der Waals surface area contributed by atoms with Crippen molar-refractivity contribution in [2.24, 2.45) is 5.92 Å². The number of aryl methyl sites for hydroxylation is 2. The first-order chi connectivity index (χ1) is 11.8. The molecule has 0 unspecified atom stereocenters. The van der Waals surface area contributed by atoms with Gasteiger partial charge in [-0.05, 0) is 45.7 Å². The number of nitrogens with one attached hydrogen (secondary N) is 1. The molecule has 0 aliphatic carbocycles. The third kappa shape index (κ3) is 4.72. The van der Waals surface area contributed by atoms with Crippen molar-refractivity contribution in [2.45, 2.75) is 39.4 Å². The van der Waals surface area contributed by atoms with Crippen LogP contribution in [-0.2, 0) is 12.7 Å². The molecule has 1 aliphatic heterocycles. The van der Waals surface area contributed by atoms with Crippen LogP contribution in [0.5, 0.6) is 0 Å². The zero-order valence-electron chi connectivity index (χ0n) is 14.2. The number of aromatic nitrogens is 2. The molecule has 0 amide bonds. The maximum Gasteiger partial charge on any atom is 0.434 e. The molecule has 0 radical (unpaired) electrons. The summed E-state index contributed by atoms with van der Waals surface area (Å²) >= 11 is 0.998. The highest BCUT2D eigenvalue weighted by Crippen LogP contribution is 2.32. The summed E-state index contributed by atoms with van der Waals surface area (Å²) in [6, 6.07) is 0. The molecular formula is C16H21F3N4OS. The minimum Gasteiger partial charge on any atom is -0.444 e. The third-order valence-corrected chi connectivity index (χ3v) is 5.28. The summed E-state index contributed by atoms with van der Waals surface area (Å²) in [5.41, 5.74) is 0.0992. The summed E-state index contributed by atoms with van der Waals surface area (Å²) in [7, 11) is 0. The smallest absolute Gasteiger partial charge is 0.434 e. The van der Waals surface area contributed by atoms with Crippen molar-refractivity contribution in [3.05, 3.63) is 28.4 Å². The van der Waals surface area contributed by atoms with Gasteiger partial charge in [0.05, 0.1) is 12.2 Å². The Labute approximate surface area is 148 Å². The standard InChI is InChI=1S/C16H21F3N4OS/c1-10-11(2)24-14(21-10)8-23-5-3-12(4-6-23)7-20-15-22-13(9-25-15)16(17,18)19/h9,12H,3-8H2,1-2H3,(H,20,22).